The number of nitrogens with zero attached hydrogens (tertiary/aromatic N) is 2. The Morgan fingerprint density at radius 1 is 1.15 bits per heavy atom. The Bertz CT molecular complexity index is 1530. The third-order valence-corrected chi connectivity index (χ3v) is 6.64. The van der Waals surface area contributed by atoms with E-state index in [0.29, 0.717) is 5.58 Å². The van der Waals surface area contributed by atoms with Gasteiger partial charge in [-0.2, -0.15) is 5.10 Å². The van der Waals surface area contributed by atoms with Crippen LogP contribution < -0.4 is 5.43 Å². The molecule has 0 unspecified atom stereocenters. The van der Waals surface area contributed by atoms with Crippen LogP contribution in [0.2, 0.25) is 0 Å². The molecule has 0 bridgehead atoms. The van der Waals surface area contributed by atoms with Crippen LogP contribution in [-0.2, 0) is 6.54 Å². The molecule has 0 atom stereocenters. The largest absolute Gasteiger partial charge is 0.450 e. The lowest BCUT2D eigenvalue weighted by molar-refractivity contribution is 0.0929. The molecule has 33 heavy (non-hydrogen) atoms. The number of carbonyl (C=O) groups excluding carboxylic acids is 1. The maximum atomic E-state index is 12.6. The van der Waals surface area contributed by atoms with E-state index < -0.39 is 5.91 Å². The predicted octanol–water partition coefficient (Wildman–Crippen LogP) is 6.88. The molecule has 7 heteroatoms. The van der Waals surface area contributed by atoms with E-state index in [1.165, 1.54) is 11.1 Å². The molecule has 0 saturated carbocycles. The summed E-state index contributed by atoms with van der Waals surface area (Å²) in [6.45, 7) is 2.86. The molecule has 1 N–H and O–H groups in total. The maximum Gasteiger partial charge on any atom is 0.307 e. The minimum atomic E-state index is -0.391. The number of rotatable bonds is 5. The van der Waals surface area contributed by atoms with Gasteiger partial charge in [-0.15, -0.1) is 0 Å². The van der Waals surface area contributed by atoms with Crippen LogP contribution in [0.15, 0.2) is 86.9 Å². The number of aryl methyl sites for hydroxylation is 1. The molecule has 2 aromatic heterocycles. The molecule has 0 saturated heterocycles. The van der Waals surface area contributed by atoms with Gasteiger partial charge in [0.15, 0.2) is 5.76 Å². The monoisotopic (exact) mass is 611 g/mol. The Morgan fingerprint density at radius 2 is 2.00 bits per heavy atom. The first kappa shape index (κ1) is 21.9. The lowest BCUT2D eigenvalue weighted by Crippen LogP contribution is -2.16. The average molecular weight is 612 g/mol. The van der Waals surface area contributed by atoms with Gasteiger partial charge in [0.25, 0.3) is 0 Å². The van der Waals surface area contributed by atoms with Crippen molar-refractivity contribution in [3.63, 3.8) is 0 Å². The van der Waals surface area contributed by atoms with Gasteiger partial charge in [-0.05, 0) is 59.3 Å². The highest BCUT2D eigenvalue weighted by molar-refractivity contribution is 14.1. The average Bonchev–Trinajstić information content (AvgIpc) is 3.36. The minimum absolute atomic E-state index is 0.222. The second-order valence-electron chi connectivity index (χ2n) is 7.83. The zero-order valence-corrected chi connectivity index (χ0v) is 21.4. The number of hydrogen-bond donors (Lipinski definition) is 1. The Labute approximate surface area is 212 Å². The number of amides is 1. The van der Waals surface area contributed by atoms with E-state index in [1.807, 2.05) is 24.3 Å². The summed E-state index contributed by atoms with van der Waals surface area (Å²) in [5.74, 6) is -0.169. The Balaban J connectivity index is 1.38. The number of hydrogen-bond acceptors (Lipinski definition) is 3. The number of nitrogens with one attached hydrogen (secondary N) is 1. The summed E-state index contributed by atoms with van der Waals surface area (Å²) < 4.78 is 9.82. The summed E-state index contributed by atoms with van der Waals surface area (Å²) in [6.07, 6.45) is 3.74. The molecule has 3 aromatic carbocycles. The van der Waals surface area contributed by atoms with Crippen molar-refractivity contribution in [1.82, 2.24) is 9.99 Å². The first-order chi connectivity index (χ1) is 16.0. The fourth-order valence-corrected chi connectivity index (χ4v) is 5.58. The van der Waals surface area contributed by atoms with Crippen LogP contribution in [0.3, 0.4) is 0 Å². The Hall–Kier alpha value is -2.91. The lowest BCUT2D eigenvalue weighted by atomic mass is 10.1. The second kappa shape index (κ2) is 9.15. The number of carbonyl (C=O) groups is 1. The van der Waals surface area contributed by atoms with Crippen molar-refractivity contribution in [3.8, 4) is 0 Å². The summed E-state index contributed by atoms with van der Waals surface area (Å²) in [6, 6.07) is 22.3. The molecule has 164 valence electrons. The number of halogens is 2. The molecule has 0 spiro atoms. The van der Waals surface area contributed by atoms with E-state index in [0.717, 1.165) is 36.4 Å². The predicted molar refractivity (Wildman–Crippen MR) is 144 cm³/mol. The van der Waals surface area contributed by atoms with Crippen LogP contribution >= 0.6 is 38.5 Å². The van der Waals surface area contributed by atoms with Crippen molar-refractivity contribution in [1.29, 1.82) is 0 Å². The molecule has 5 rings (SSSR count). The Morgan fingerprint density at radius 3 is 2.85 bits per heavy atom. The minimum Gasteiger partial charge on any atom is -0.450 e. The molecule has 0 fully saturated rings. The van der Waals surface area contributed by atoms with E-state index in [-0.39, 0.29) is 5.76 Å². The van der Waals surface area contributed by atoms with E-state index in [4.69, 9.17) is 4.42 Å². The van der Waals surface area contributed by atoms with Crippen LogP contribution in [-0.4, -0.2) is 16.7 Å². The van der Waals surface area contributed by atoms with Gasteiger partial charge in [-0.3, -0.25) is 4.79 Å². The van der Waals surface area contributed by atoms with Gasteiger partial charge in [0.05, 0.1) is 9.78 Å². The van der Waals surface area contributed by atoms with Gasteiger partial charge in [0, 0.05) is 39.1 Å². The number of fused-ring (bicyclic) bond motifs is 2. The molecule has 5 aromatic rings. The van der Waals surface area contributed by atoms with E-state index in [2.05, 4.69) is 103 Å². The third kappa shape index (κ3) is 4.60. The molecule has 0 aliphatic heterocycles. The van der Waals surface area contributed by atoms with Crippen LogP contribution in [0, 0.1) is 10.5 Å². The highest BCUT2D eigenvalue weighted by Gasteiger charge is 2.14. The fraction of sp³-hybridized carbons (Fsp3) is 0.0769. The SMILES string of the molecule is Cc1cccc(Cn2cc(/C=N\NC(=O)c3cc4cc(Br)cc(I)c4o3)c3ccccc32)c1. The first-order valence-corrected chi connectivity index (χ1v) is 12.2. The summed E-state index contributed by atoms with van der Waals surface area (Å²) >= 11 is 5.66. The quantitative estimate of drug-likeness (QED) is 0.134. The summed E-state index contributed by atoms with van der Waals surface area (Å²) in [5, 5.41) is 6.14. The molecule has 0 aliphatic rings. The molecule has 0 radical (unpaired) electrons. The number of para-hydroxylation sites is 1. The molecular formula is C26H19BrIN3O2. The number of benzene rings is 3. The number of aromatic nitrogens is 1. The first-order valence-electron chi connectivity index (χ1n) is 10.3. The van der Waals surface area contributed by atoms with E-state index >= 15 is 0 Å². The van der Waals surface area contributed by atoms with Crippen LogP contribution in [0.4, 0.5) is 0 Å². The van der Waals surface area contributed by atoms with Crippen molar-refractivity contribution < 1.29 is 9.21 Å². The van der Waals surface area contributed by atoms with Crippen LogP contribution in [0.25, 0.3) is 21.9 Å². The van der Waals surface area contributed by atoms with Gasteiger partial charge in [-0.1, -0.05) is 64.0 Å². The van der Waals surface area contributed by atoms with Crippen molar-refractivity contribution in [2.45, 2.75) is 13.5 Å². The van der Waals surface area contributed by atoms with Gasteiger partial charge in [0.1, 0.15) is 5.58 Å². The maximum absolute atomic E-state index is 12.6. The van der Waals surface area contributed by atoms with Gasteiger partial charge in [-0.25, -0.2) is 5.43 Å². The summed E-state index contributed by atoms with van der Waals surface area (Å²) in [7, 11) is 0. The van der Waals surface area contributed by atoms with Gasteiger partial charge in [0.2, 0.25) is 0 Å². The van der Waals surface area contributed by atoms with Crippen molar-refractivity contribution in [2.75, 3.05) is 0 Å². The summed E-state index contributed by atoms with van der Waals surface area (Å²) in [5.41, 5.74) is 7.79. The van der Waals surface area contributed by atoms with Crippen molar-refractivity contribution in [2.24, 2.45) is 5.10 Å². The van der Waals surface area contributed by atoms with Gasteiger partial charge < -0.3 is 8.98 Å². The smallest absolute Gasteiger partial charge is 0.307 e. The third-order valence-electron chi connectivity index (χ3n) is 5.38. The second-order valence-corrected chi connectivity index (χ2v) is 9.91. The topological polar surface area (TPSA) is 59.5 Å². The van der Waals surface area contributed by atoms with Crippen LogP contribution in [0.5, 0.6) is 0 Å². The normalized spacial score (nSPS) is 11.6. The number of hydrazone groups is 1. The highest BCUT2D eigenvalue weighted by Crippen LogP contribution is 2.28. The van der Waals surface area contributed by atoms with Crippen molar-refractivity contribution in [3.05, 3.63) is 103 Å². The van der Waals surface area contributed by atoms with Crippen LogP contribution in [0.1, 0.15) is 27.2 Å². The lowest BCUT2D eigenvalue weighted by Gasteiger charge is -2.06. The number of furan rings is 1. The molecular weight excluding hydrogens is 593 g/mol. The standard InChI is InChI=1S/C26H19BrIN3O2/c1-16-5-4-6-17(9-16)14-31-15-19(21-7-2-3-8-23(21)31)13-29-30-26(32)24-11-18-10-20(27)12-22(28)25(18)33-24/h2-13,15H,14H2,1H3,(H,30,32)/b29-13-. The molecule has 0 aliphatic carbocycles. The molecule has 5 nitrogen and oxygen atoms in total. The molecule has 1 amide bonds. The van der Waals surface area contributed by atoms with Crippen molar-refractivity contribution >= 4 is 72.5 Å². The zero-order valence-electron chi connectivity index (χ0n) is 17.7. The van der Waals surface area contributed by atoms with E-state index in [1.54, 1.807) is 12.3 Å². The summed E-state index contributed by atoms with van der Waals surface area (Å²) in [4.78, 5) is 12.6. The van der Waals surface area contributed by atoms with Gasteiger partial charge >= 0.3 is 5.91 Å². The highest BCUT2D eigenvalue weighted by atomic mass is 127. The zero-order chi connectivity index (χ0) is 22.9. The fourth-order valence-electron chi connectivity index (χ4n) is 3.92. The Kier molecular flexibility index (Phi) is 6.07. The molecule has 2 heterocycles. The van der Waals surface area contributed by atoms with E-state index in [9.17, 15) is 4.79 Å².